The van der Waals surface area contributed by atoms with Crippen LogP contribution in [0.3, 0.4) is 0 Å². The van der Waals surface area contributed by atoms with E-state index in [4.69, 9.17) is 4.74 Å². The highest BCUT2D eigenvalue weighted by molar-refractivity contribution is 7.93. The molecule has 0 aromatic heterocycles. The van der Waals surface area contributed by atoms with Crippen molar-refractivity contribution in [3.63, 3.8) is 0 Å². The third-order valence-electron chi connectivity index (χ3n) is 4.37. The fraction of sp³-hybridized carbons (Fsp3) is 0.353. The largest absolute Gasteiger partial charge is 0.497 e. The topological polar surface area (TPSA) is 62.2 Å². The molecule has 0 saturated heterocycles. The molecule has 2 heterocycles. The highest BCUT2D eigenvalue weighted by atomic mass is 32.2. The van der Waals surface area contributed by atoms with E-state index in [1.165, 1.54) is 49.7 Å². The molecular weight excluding hydrogens is 383 g/mol. The van der Waals surface area contributed by atoms with E-state index in [0.29, 0.717) is 29.0 Å². The summed E-state index contributed by atoms with van der Waals surface area (Å²) in [7, 11) is -2.06. The number of allylic oxidation sites excluding steroid dienone is 1. The van der Waals surface area contributed by atoms with Crippen LogP contribution in [0.2, 0.25) is 0 Å². The molecule has 0 fully saturated rings. The van der Waals surface area contributed by atoms with Crippen LogP contribution in [-0.2, 0) is 10.0 Å². The summed E-state index contributed by atoms with van der Waals surface area (Å²) in [4.78, 5) is 5.56. The normalized spacial score (nSPS) is 18.2. The Hall–Kier alpha value is -2.33. The molecular formula is C17H18F3N3O3S. The van der Waals surface area contributed by atoms with Gasteiger partial charge < -0.3 is 9.64 Å². The van der Waals surface area contributed by atoms with Gasteiger partial charge in [-0.2, -0.15) is 17.5 Å². The number of halogens is 3. The molecule has 27 heavy (non-hydrogen) atoms. The summed E-state index contributed by atoms with van der Waals surface area (Å²) >= 11 is 0. The molecule has 146 valence electrons. The van der Waals surface area contributed by atoms with Crippen LogP contribution < -0.4 is 4.74 Å². The molecule has 0 N–H and O–H groups in total. The standard InChI is InChI=1S/C17H18F3N3O3S/c1-22(16(17(18,19)20)12-3-5-13(26-2)6-4-12)27(24,25)14-7-8-15-21-9-10-23(15)11-14/h3-8,11,16H,9-10H2,1-2H3/t16-/m1/s1. The van der Waals surface area contributed by atoms with Crippen molar-refractivity contribution in [2.24, 2.45) is 4.99 Å². The minimum Gasteiger partial charge on any atom is -0.497 e. The third-order valence-corrected chi connectivity index (χ3v) is 6.18. The Morgan fingerprint density at radius 3 is 2.48 bits per heavy atom. The van der Waals surface area contributed by atoms with Crippen LogP contribution in [0.25, 0.3) is 0 Å². The molecule has 1 aromatic carbocycles. The second-order valence-electron chi connectivity index (χ2n) is 6.04. The minimum absolute atomic E-state index is 0.196. The van der Waals surface area contributed by atoms with Gasteiger partial charge in [-0.1, -0.05) is 12.1 Å². The number of hydrogen-bond donors (Lipinski definition) is 0. The average Bonchev–Trinajstić information content (AvgIpc) is 3.09. The quantitative estimate of drug-likeness (QED) is 0.761. The van der Waals surface area contributed by atoms with Crippen molar-refractivity contribution in [1.82, 2.24) is 9.21 Å². The maximum Gasteiger partial charge on any atom is 0.409 e. The molecule has 0 amide bonds. The number of hydrogen-bond acceptors (Lipinski definition) is 5. The summed E-state index contributed by atoms with van der Waals surface area (Å²) in [5.41, 5.74) is -0.196. The van der Waals surface area contributed by atoms with E-state index in [1.807, 2.05) is 0 Å². The Kier molecular flexibility index (Phi) is 5.04. The highest BCUT2D eigenvalue weighted by Crippen LogP contribution is 2.40. The zero-order valence-corrected chi connectivity index (χ0v) is 15.5. The zero-order chi connectivity index (χ0) is 19.8. The predicted octanol–water partition coefficient (Wildman–Crippen LogP) is 2.69. The van der Waals surface area contributed by atoms with Gasteiger partial charge in [0, 0.05) is 19.8 Å². The number of ether oxygens (including phenoxy) is 1. The van der Waals surface area contributed by atoms with Crippen molar-refractivity contribution >= 4 is 15.9 Å². The SMILES string of the molecule is COc1ccc([C@@H](N(C)S(=O)(=O)C2=CN3CCN=C3C=C2)C(F)(F)F)cc1. The van der Waals surface area contributed by atoms with Gasteiger partial charge in [-0.3, -0.25) is 4.99 Å². The van der Waals surface area contributed by atoms with Gasteiger partial charge in [-0.15, -0.1) is 0 Å². The van der Waals surface area contributed by atoms with Gasteiger partial charge in [0.2, 0.25) is 10.0 Å². The van der Waals surface area contributed by atoms with Crippen LogP contribution in [0.15, 0.2) is 52.5 Å². The first-order valence-corrected chi connectivity index (χ1v) is 9.48. The molecule has 0 spiro atoms. The van der Waals surface area contributed by atoms with Crippen LogP contribution in [0.4, 0.5) is 13.2 Å². The Balaban J connectivity index is 1.97. The van der Waals surface area contributed by atoms with Gasteiger partial charge in [-0.25, -0.2) is 8.42 Å². The number of aliphatic imine (C=N–C) groups is 1. The molecule has 0 bridgehead atoms. The monoisotopic (exact) mass is 401 g/mol. The Morgan fingerprint density at radius 2 is 1.89 bits per heavy atom. The van der Waals surface area contributed by atoms with Gasteiger partial charge in [0.15, 0.2) is 0 Å². The molecule has 0 saturated carbocycles. The van der Waals surface area contributed by atoms with Crippen molar-refractivity contribution in [2.75, 3.05) is 27.2 Å². The lowest BCUT2D eigenvalue weighted by atomic mass is 10.1. The van der Waals surface area contributed by atoms with Crippen LogP contribution >= 0.6 is 0 Å². The molecule has 1 atom stereocenters. The maximum absolute atomic E-state index is 13.7. The van der Waals surface area contributed by atoms with Crippen LogP contribution in [-0.4, -0.2) is 56.9 Å². The zero-order valence-electron chi connectivity index (χ0n) is 14.6. The van der Waals surface area contributed by atoms with Crippen molar-refractivity contribution in [2.45, 2.75) is 12.2 Å². The number of methoxy groups -OCH3 is 1. The fourth-order valence-electron chi connectivity index (χ4n) is 2.96. The Labute approximate surface area is 155 Å². The maximum atomic E-state index is 13.7. The molecule has 0 aliphatic carbocycles. The molecule has 0 unspecified atom stereocenters. The number of rotatable bonds is 5. The first-order valence-electron chi connectivity index (χ1n) is 8.04. The van der Waals surface area contributed by atoms with E-state index in [0.717, 1.165) is 7.05 Å². The number of amidine groups is 1. The molecule has 0 radical (unpaired) electrons. The lowest BCUT2D eigenvalue weighted by molar-refractivity contribution is -0.171. The van der Waals surface area contributed by atoms with Crippen molar-refractivity contribution < 1.29 is 26.3 Å². The summed E-state index contributed by atoms with van der Waals surface area (Å²) in [6.07, 6.45) is -0.716. The second kappa shape index (κ2) is 7.01. The molecule has 3 rings (SSSR count). The van der Waals surface area contributed by atoms with E-state index in [-0.39, 0.29) is 10.5 Å². The number of sulfonamides is 1. The molecule has 2 aliphatic heterocycles. The molecule has 10 heteroatoms. The van der Waals surface area contributed by atoms with E-state index in [2.05, 4.69) is 4.99 Å². The van der Waals surface area contributed by atoms with Crippen LogP contribution in [0.5, 0.6) is 5.75 Å². The summed E-state index contributed by atoms with van der Waals surface area (Å²) < 4.78 is 72.3. The van der Waals surface area contributed by atoms with Crippen LogP contribution in [0.1, 0.15) is 11.6 Å². The smallest absolute Gasteiger partial charge is 0.409 e. The Bertz CT molecular complexity index is 906. The number of fused-ring (bicyclic) bond motifs is 1. The Morgan fingerprint density at radius 1 is 1.22 bits per heavy atom. The molecule has 1 aromatic rings. The van der Waals surface area contributed by atoms with E-state index >= 15 is 0 Å². The number of nitrogens with zero attached hydrogens (tertiary/aromatic N) is 3. The first kappa shape index (κ1) is 19.4. The summed E-state index contributed by atoms with van der Waals surface area (Å²) in [5.74, 6) is 0.975. The summed E-state index contributed by atoms with van der Waals surface area (Å²) in [6, 6.07) is 2.82. The lowest BCUT2D eigenvalue weighted by Crippen LogP contribution is -2.40. The highest BCUT2D eigenvalue weighted by Gasteiger charge is 2.48. The van der Waals surface area contributed by atoms with E-state index in [9.17, 15) is 21.6 Å². The van der Waals surface area contributed by atoms with Crippen molar-refractivity contribution in [3.8, 4) is 5.75 Å². The van der Waals surface area contributed by atoms with Crippen molar-refractivity contribution in [3.05, 3.63) is 53.1 Å². The minimum atomic E-state index is -4.80. The molecule has 6 nitrogen and oxygen atoms in total. The van der Waals surface area contributed by atoms with Crippen LogP contribution in [0, 0.1) is 0 Å². The lowest BCUT2D eigenvalue weighted by Gasteiger charge is -2.31. The first-order chi connectivity index (χ1) is 12.6. The average molecular weight is 401 g/mol. The summed E-state index contributed by atoms with van der Waals surface area (Å²) in [5, 5.41) is 0. The van der Waals surface area contributed by atoms with Crippen molar-refractivity contribution in [1.29, 1.82) is 0 Å². The van der Waals surface area contributed by atoms with E-state index < -0.39 is 22.2 Å². The van der Waals surface area contributed by atoms with Gasteiger partial charge in [0.05, 0.1) is 18.6 Å². The fourth-order valence-corrected chi connectivity index (χ4v) is 4.31. The number of alkyl halides is 3. The van der Waals surface area contributed by atoms with Gasteiger partial charge in [0.25, 0.3) is 0 Å². The van der Waals surface area contributed by atoms with Gasteiger partial charge in [0.1, 0.15) is 17.6 Å². The van der Waals surface area contributed by atoms with E-state index in [1.54, 1.807) is 4.90 Å². The summed E-state index contributed by atoms with van der Waals surface area (Å²) in [6.45, 7) is 1.000. The van der Waals surface area contributed by atoms with Gasteiger partial charge in [-0.05, 0) is 29.8 Å². The van der Waals surface area contributed by atoms with Gasteiger partial charge >= 0.3 is 6.18 Å². The molecule has 2 aliphatic rings. The predicted molar refractivity (Wildman–Crippen MR) is 94.7 cm³/mol. The third kappa shape index (κ3) is 3.72. The second-order valence-corrected chi connectivity index (χ2v) is 8.03. The number of benzene rings is 1.